The number of hydrogen-bond donors (Lipinski definition) is 0. The molecule has 1 aliphatic carbocycles. The second-order valence-corrected chi connectivity index (χ2v) is 6.70. The molecule has 0 heteroatoms. The van der Waals surface area contributed by atoms with Crippen LogP contribution in [0.1, 0.15) is 73.1 Å². The lowest BCUT2D eigenvalue weighted by Crippen LogP contribution is -2.37. The normalized spacial score (nSPS) is 31.0. The van der Waals surface area contributed by atoms with E-state index in [4.69, 9.17) is 0 Å². The van der Waals surface area contributed by atoms with Gasteiger partial charge in [-0.2, -0.15) is 0 Å². The molecule has 0 aromatic rings. The Morgan fingerprint density at radius 2 is 1.67 bits per heavy atom. The van der Waals surface area contributed by atoms with Crippen LogP contribution in [0.25, 0.3) is 0 Å². The van der Waals surface area contributed by atoms with E-state index in [1.165, 1.54) is 38.5 Å². The van der Waals surface area contributed by atoms with E-state index >= 15 is 0 Å². The van der Waals surface area contributed by atoms with E-state index < -0.39 is 0 Å². The van der Waals surface area contributed by atoms with Crippen molar-refractivity contribution >= 4 is 0 Å². The molecule has 0 atom stereocenters. The van der Waals surface area contributed by atoms with Crippen molar-refractivity contribution in [3.63, 3.8) is 0 Å². The molecule has 0 radical (unpaired) electrons. The molecule has 1 rings (SSSR count). The van der Waals surface area contributed by atoms with Gasteiger partial charge in [0, 0.05) is 0 Å². The van der Waals surface area contributed by atoms with Crippen molar-refractivity contribution in [3.8, 4) is 0 Å². The predicted molar refractivity (Wildman–Crippen MR) is 69.0 cm³/mol. The zero-order valence-corrected chi connectivity index (χ0v) is 11.5. The third-order valence-electron chi connectivity index (χ3n) is 4.19. The summed E-state index contributed by atoms with van der Waals surface area (Å²) < 4.78 is 0. The molecule has 0 N–H and O–H groups in total. The minimum absolute atomic E-state index is 0.746. The Morgan fingerprint density at radius 3 is 2.07 bits per heavy atom. The highest BCUT2D eigenvalue weighted by Crippen LogP contribution is 2.53. The average Bonchev–Trinajstić information content (AvgIpc) is 2.07. The molecule has 0 aromatic carbocycles. The topological polar surface area (TPSA) is 0 Å². The van der Waals surface area contributed by atoms with Gasteiger partial charge in [0.15, 0.2) is 0 Å². The molecule has 1 aliphatic rings. The molecule has 0 aromatic heterocycles. The Hall–Kier alpha value is 0. The molecule has 0 spiro atoms. The van der Waals surface area contributed by atoms with Crippen LogP contribution in [-0.4, -0.2) is 0 Å². The van der Waals surface area contributed by atoms with Gasteiger partial charge >= 0.3 is 0 Å². The molecule has 0 bridgehead atoms. The number of hydrogen-bond acceptors (Lipinski definition) is 0. The van der Waals surface area contributed by atoms with E-state index in [1.54, 1.807) is 0 Å². The van der Waals surface area contributed by atoms with E-state index in [0.717, 1.165) is 23.2 Å². The van der Waals surface area contributed by atoms with Gasteiger partial charge in [-0.3, -0.25) is 0 Å². The maximum Gasteiger partial charge on any atom is -0.0292 e. The van der Waals surface area contributed by atoms with Crippen LogP contribution in [0.2, 0.25) is 0 Å². The summed E-state index contributed by atoms with van der Waals surface area (Å²) in [6, 6.07) is 0. The summed E-state index contributed by atoms with van der Waals surface area (Å²) in [7, 11) is 0. The smallest absolute Gasteiger partial charge is 0.0292 e. The molecule has 0 amide bonds. The van der Waals surface area contributed by atoms with E-state index in [0.29, 0.717) is 0 Å². The van der Waals surface area contributed by atoms with Gasteiger partial charge in [-0.1, -0.05) is 53.9 Å². The highest BCUT2D eigenvalue weighted by molar-refractivity contribution is 4.93. The van der Waals surface area contributed by atoms with Gasteiger partial charge in [0.05, 0.1) is 0 Å². The lowest BCUT2D eigenvalue weighted by Gasteiger charge is -2.49. The fraction of sp³-hybridized carbons (Fsp3) is 1.00. The predicted octanol–water partition coefficient (Wildman–Crippen LogP) is 5.28. The van der Waals surface area contributed by atoms with Crippen LogP contribution < -0.4 is 0 Å². The molecule has 0 saturated heterocycles. The van der Waals surface area contributed by atoms with Gasteiger partial charge in [-0.15, -0.1) is 0 Å². The van der Waals surface area contributed by atoms with Gasteiger partial charge in [-0.05, 0) is 42.4 Å². The third-order valence-corrected chi connectivity index (χ3v) is 4.19. The monoisotopic (exact) mass is 210 g/mol. The Balaban J connectivity index is 2.25. The second kappa shape index (κ2) is 5.37. The van der Waals surface area contributed by atoms with Crippen molar-refractivity contribution in [1.82, 2.24) is 0 Å². The molecule has 1 saturated carbocycles. The molecule has 0 nitrogen and oxygen atoms in total. The van der Waals surface area contributed by atoms with Gasteiger partial charge < -0.3 is 0 Å². The highest BCUT2D eigenvalue weighted by Gasteiger charge is 2.42. The lowest BCUT2D eigenvalue weighted by atomic mass is 9.56. The first-order chi connectivity index (χ1) is 6.97. The standard InChI is InChI=1S/C15H30/c1-6-15(9-13(4)5)10-14(11-15)8-7-12(2)3/h12-14H,6-11H2,1-5H3. The van der Waals surface area contributed by atoms with Crippen LogP contribution in [0, 0.1) is 23.2 Å². The van der Waals surface area contributed by atoms with E-state index in [9.17, 15) is 0 Å². The van der Waals surface area contributed by atoms with Crippen LogP contribution in [0.5, 0.6) is 0 Å². The summed E-state index contributed by atoms with van der Waals surface area (Å²) in [5.41, 5.74) is 0.746. The summed E-state index contributed by atoms with van der Waals surface area (Å²) in [5.74, 6) is 2.84. The SMILES string of the molecule is CCC1(CC(C)C)CC(CCC(C)C)C1. The Labute approximate surface area is 96.8 Å². The molecular weight excluding hydrogens is 180 g/mol. The largest absolute Gasteiger partial charge is 0.0649 e. The Morgan fingerprint density at radius 1 is 1.07 bits per heavy atom. The van der Waals surface area contributed by atoms with Crippen molar-refractivity contribution in [1.29, 1.82) is 0 Å². The lowest BCUT2D eigenvalue weighted by molar-refractivity contribution is 0.0204. The van der Waals surface area contributed by atoms with Crippen LogP contribution in [-0.2, 0) is 0 Å². The molecule has 0 aliphatic heterocycles. The van der Waals surface area contributed by atoms with E-state index in [1.807, 2.05) is 0 Å². The molecular formula is C15H30. The molecule has 0 heterocycles. The summed E-state index contributed by atoms with van der Waals surface area (Å²) in [6.07, 6.45) is 8.83. The summed E-state index contributed by atoms with van der Waals surface area (Å²) in [4.78, 5) is 0. The zero-order chi connectivity index (χ0) is 11.5. The van der Waals surface area contributed by atoms with E-state index in [-0.39, 0.29) is 0 Å². The van der Waals surface area contributed by atoms with Crippen molar-refractivity contribution in [3.05, 3.63) is 0 Å². The Kier molecular flexibility index (Phi) is 4.67. The Bertz CT molecular complexity index is 172. The first-order valence-electron chi connectivity index (χ1n) is 6.97. The molecule has 15 heavy (non-hydrogen) atoms. The quantitative estimate of drug-likeness (QED) is 0.560. The van der Waals surface area contributed by atoms with Crippen molar-refractivity contribution in [2.75, 3.05) is 0 Å². The third kappa shape index (κ3) is 3.81. The van der Waals surface area contributed by atoms with Gasteiger partial charge in [0.2, 0.25) is 0 Å². The fourth-order valence-electron chi connectivity index (χ4n) is 3.40. The maximum absolute atomic E-state index is 2.39. The van der Waals surface area contributed by atoms with Crippen molar-refractivity contribution in [2.24, 2.45) is 23.2 Å². The maximum atomic E-state index is 2.39. The second-order valence-electron chi connectivity index (χ2n) is 6.70. The van der Waals surface area contributed by atoms with E-state index in [2.05, 4.69) is 34.6 Å². The summed E-state index contributed by atoms with van der Waals surface area (Å²) in [6.45, 7) is 11.8. The summed E-state index contributed by atoms with van der Waals surface area (Å²) in [5, 5.41) is 0. The van der Waals surface area contributed by atoms with Crippen molar-refractivity contribution < 1.29 is 0 Å². The fourth-order valence-corrected chi connectivity index (χ4v) is 3.40. The van der Waals surface area contributed by atoms with Gasteiger partial charge in [0.25, 0.3) is 0 Å². The van der Waals surface area contributed by atoms with Crippen LogP contribution in [0.3, 0.4) is 0 Å². The molecule has 1 fully saturated rings. The first-order valence-corrected chi connectivity index (χ1v) is 6.97. The van der Waals surface area contributed by atoms with Crippen molar-refractivity contribution in [2.45, 2.75) is 73.1 Å². The zero-order valence-electron chi connectivity index (χ0n) is 11.5. The van der Waals surface area contributed by atoms with Crippen LogP contribution in [0.15, 0.2) is 0 Å². The van der Waals surface area contributed by atoms with Crippen LogP contribution >= 0.6 is 0 Å². The summed E-state index contributed by atoms with van der Waals surface area (Å²) >= 11 is 0. The highest BCUT2D eigenvalue weighted by atomic mass is 14.5. The average molecular weight is 210 g/mol. The minimum atomic E-state index is 0.746. The molecule has 0 unspecified atom stereocenters. The minimum Gasteiger partial charge on any atom is -0.0649 e. The van der Waals surface area contributed by atoms with Gasteiger partial charge in [-0.25, -0.2) is 0 Å². The van der Waals surface area contributed by atoms with Gasteiger partial charge in [0.1, 0.15) is 0 Å². The molecule has 90 valence electrons. The first kappa shape index (κ1) is 13.1. The van der Waals surface area contributed by atoms with Crippen LogP contribution in [0.4, 0.5) is 0 Å². The number of rotatable bonds is 6.